The highest BCUT2D eigenvalue weighted by Crippen LogP contribution is 2.48. The molecule has 3 N–H and O–H groups in total. The molecule has 8 heteroatoms. The molecule has 0 saturated carbocycles. The zero-order chi connectivity index (χ0) is 20.1. The molecular weight excluding hydrogens is 370 g/mol. The van der Waals surface area contributed by atoms with Gasteiger partial charge in [0.25, 0.3) is 5.69 Å². The highest BCUT2D eigenvalue weighted by atomic mass is 16.6. The molecule has 0 radical (unpaired) electrons. The number of nitrogens with two attached hydrogens (primary N) is 1. The number of nitrogen functional groups attached to an aromatic ring is 1. The maximum Gasteiger partial charge on any atom is 0.269 e. The summed E-state index contributed by atoms with van der Waals surface area (Å²) in [5.41, 5.74) is 1.96. The summed E-state index contributed by atoms with van der Waals surface area (Å²) in [6, 6.07) is 18.1. The fourth-order valence-electron chi connectivity index (χ4n) is 3.84. The molecule has 2 heterocycles. The van der Waals surface area contributed by atoms with Crippen LogP contribution in [-0.2, 0) is 0 Å². The van der Waals surface area contributed by atoms with Gasteiger partial charge in [0.1, 0.15) is 12.1 Å². The van der Waals surface area contributed by atoms with Crippen molar-refractivity contribution in [1.29, 1.82) is 5.41 Å². The predicted molar refractivity (Wildman–Crippen MR) is 106 cm³/mol. The molecule has 0 spiro atoms. The lowest BCUT2D eigenvalue weighted by atomic mass is 9.82. The van der Waals surface area contributed by atoms with Gasteiger partial charge in [-0.05, 0) is 10.9 Å². The van der Waals surface area contributed by atoms with Gasteiger partial charge in [-0.1, -0.05) is 48.5 Å². The van der Waals surface area contributed by atoms with Crippen molar-refractivity contribution in [2.45, 2.75) is 5.92 Å². The van der Waals surface area contributed by atoms with E-state index in [9.17, 15) is 10.1 Å². The minimum Gasteiger partial charge on any atom is -0.438 e. The Morgan fingerprint density at radius 2 is 1.97 bits per heavy atom. The Bertz CT molecular complexity index is 1360. The van der Waals surface area contributed by atoms with E-state index in [1.807, 2.05) is 36.4 Å². The number of nitrogens with zero attached hydrogens (tertiary/aromatic N) is 3. The summed E-state index contributed by atoms with van der Waals surface area (Å²) < 4.78 is 7.23. The van der Waals surface area contributed by atoms with Crippen molar-refractivity contribution < 1.29 is 9.66 Å². The Morgan fingerprint density at radius 1 is 1.14 bits per heavy atom. The lowest BCUT2D eigenvalue weighted by molar-refractivity contribution is -0.384. The van der Waals surface area contributed by atoms with E-state index >= 15 is 0 Å². The third kappa shape index (κ3) is 2.53. The van der Waals surface area contributed by atoms with Crippen molar-refractivity contribution in [3.05, 3.63) is 99.3 Å². The second-order valence-corrected chi connectivity index (χ2v) is 6.81. The number of hydrogen-bond donors (Lipinski definition) is 2. The topological polar surface area (TPSA) is 120 Å². The molecule has 1 aliphatic rings. The molecule has 5 rings (SSSR count). The summed E-state index contributed by atoms with van der Waals surface area (Å²) >= 11 is 0. The Morgan fingerprint density at radius 3 is 2.79 bits per heavy atom. The fourth-order valence-corrected chi connectivity index (χ4v) is 3.84. The number of rotatable bonds is 2. The van der Waals surface area contributed by atoms with Crippen molar-refractivity contribution in [2.24, 2.45) is 0 Å². The number of benzene rings is 3. The number of aromatic nitrogens is 2. The van der Waals surface area contributed by atoms with Crippen LogP contribution in [0, 0.1) is 15.5 Å². The predicted octanol–water partition coefficient (Wildman–Crippen LogP) is 3.42. The number of nitro groups is 1. The van der Waals surface area contributed by atoms with Gasteiger partial charge < -0.3 is 10.6 Å². The average molecular weight is 385 g/mol. The van der Waals surface area contributed by atoms with Crippen LogP contribution in [-0.4, -0.2) is 14.6 Å². The quantitative estimate of drug-likeness (QED) is 0.274. The van der Waals surface area contributed by atoms with E-state index in [2.05, 4.69) is 4.98 Å². The Hall–Kier alpha value is -4.20. The number of non-ortho nitro benzene ring substituents is 1. The average Bonchev–Trinajstić information content (AvgIpc) is 2.75. The second kappa shape index (κ2) is 6.16. The van der Waals surface area contributed by atoms with Crippen LogP contribution >= 0.6 is 0 Å². The third-order valence-corrected chi connectivity index (χ3v) is 5.17. The van der Waals surface area contributed by atoms with Crippen LogP contribution in [0.2, 0.25) is 0 Å². The number of fused-ring (bicyclic) bond motifs is 4. The van der Waals surface area contributed by atoms with Crippen molar-refractivity contribution in [2.75, 3.05) is 5.84 Å². The van der Waals surface area contributed by atoms with Crippen LogP contribution in [0.5, 0.6) is 11.6 Å². The van der Waals surface area contributed by atoms with Crippen molar-refractivity contribution in [3.63, 3.8) is 0 Å². The summed E-state index contributed by atoms with van der Waals surface area (Å²) in [5.74, 6) is 6.31. The molecule has 4 aromatic rings. The van der Waals surface area contributed by atoms with Gasteiger partial charge in [-0.2, -0.15) is 0 Å². The molecule has 0 bridgehead atoms. The summed E-state index contributed by atoms with van der Waals surface area (Å²) in [6.45, 7) is 0. The van der Waals surface area contributed by atoms with Crippen molar-refractivity contribution >= 4 is 16.5 Å². The molecule has 1 aromatic heterocycles. The molecule has 0 fully saturated rings. The Kier molecular flexibility index (Phi) is 3.60. The molecule has 8 nitrogen and oxygen atoms in total. The summed E-state index contributed by atoms with van der Waals surface area (Å²) in [6.07, 6.45) is 1.32. The summed E-state index contributed by atoms with van der Waals surface area (Å²) in [7, 11) is 0. The van der Waals surface area contributed by atoms with Gasteiger partial charge in [0.05, 0.1) is 10.5 Å². The maximum atomic E-state index is 11.3. The minimum atomic E-state index is -0.478. The van der Waals surface area contributed by atoms with E-state index in [-0.39, 0.29) is 17.1 Å². The molecular formula is C21H15N5O3. The van der Waals surface area contributed by atoms with E-state index in [0.29, 0.717) is 16.9 Å². The van der Waals surface area contributed by atoms with Crippen LogP contribution in [0.25, 0.3) is 10.8 Å². The Balaban J connectivity index is 1.85. The van der Waals surface area contributed by atoms with E-state index < -0.39 is 10.8 Å². The number of nitro benzene ring substituents is 1. The van der Waals surface area contributed by atoms with Gasteiger partial charge in [-0.3, -0.25) is 15.5 Å². The largest absolute Gasteiger partial charge is 0.438 e. The van der Waals surface area contributed by atoms with Gasteiger partial charge in [0.2, 0.25) is 5.88 Å². The molecule has 0 aliphatic carbocycles. The molecule has 3 aromatic carbocycles. The van der Waals surface area contributed by atoms with Crippen LogP contribution in [0.15, 0.2) is 67.0 Å². The first kappa shape index (κ1) is 16.9. The summed E-state index contributed by atoms with van der Waals surface area (Å²) in [4.78, 5) is 15.2. The first-order chi connectivity index (χ1) is 14.0. The first-order valence-corrected chi connectivity index (χ1v) is 8.89. The van der Waals surface area contributed by atoms with Gasteiger partial charge >= 0.3 is 0 Å². The molecule has 1 atom stereocenters. The van der Waals surface area contributed by atoms with Crippen LogP contribution < -0.4 is 16.1 Å². The summed E-state index contributed by atoms with van der Waals surface area (Å²) in [5, 5.41) is 21.7. The SMILES string of the molecule is N=c1c2c(ncn1N)Oc1c(ccc3ccccc13)C2c1cccc([N+](=O)[O-])c1. The standard InChI is InChI=1S/C21H15N5O3/c22-20-18-17(13-5-3-6-14(10-13)26(27)28)16-9-8-12-4-1-2-7-15(12)19(16)29-21(18)24-11-25(20)23/h1-11,17,22H,23H2. The van der Waals surface area contributed by atoms with Crippen LogP contribution in [0.3, 0.4) is 0 Å². The molecule has 1 aliphatic heterocycles. The molecule has 0 saturated heterocycles. The smallest absolute Gasteiger partial charge is 0.269 e. The fraction of sp³-hybridized carbons (Fsp3) is 0.0476. The van der Waals surface area contributed by atoms with E-state index in [4.69, 9.17) is 16.0 Å². The molecule has 1 unspecified atom stereocenters. The highest BCUT2D eigenvalue weighted by molar-refractivity contribution is 5.91. The Labute approximate surface area is 164 Å². The highest BCUT2D eigenvalue weighted by Gasteiger charge is 2.33. The van der Waals surface area contributed by atoms with Gasteiger partial charge in [0, 0.05) is 29.0 Å². The normalized spacial score (nSPS) is 14.7. The zero-order valence-electron chi connectivity index (χ0n) is 15.1. The molecule has 142 valence electrons. The maximum absolute atomic E-state index is 11.3. The first-order valence-electron chi connectivity index (χ1n) is 8.89. The molecule has 29 heavy (non-hydrogen) atoms. The van der Waals surface area contributed by atoms with Crippen molar-refractivity contribution in [1.82, 2.24) is 9.66 Å². The third-order valence-electron chi connectivity index (χ3n) is 5.17. The number of hydrogen-bond acceptors (Lipinski definition) is 6. The van der Waals surface area contributed by atoms with Gasteiger partial charge in [-0.25, -0.2) is 9.66 Å². The number of nitrogens with one attached hydrogen (secondary N) is 1. The lowest BCUT2D eigenvalue weighted by Gasteiger charge is -2.29. The van der Waals surface area contributed by atoms with E-state index in [0.717, 1.165) is 21.0 Å². The minimum absolute atomic E-state index is 0.0195. The van der Waals surface area contributed by atoms with E-state index in [1.165, 1.54) is 18.5 Å². The molecule has 0 amide bonds. The van der Waals surface area contributed by atoms with Crippen molar-refractivity contribution in [3.8, 4) is 11.6 Å². The lowest BCUT2D eigenvalue weighted by Crippen LogP contribution is -2.33. The van der Waals surface area contributed by atoms with Crippen LogP contribution in [0.4, 0.5) is 5.69 Å². The van der Waals surface area contributed by atoms with Gasteiger partial charge in [-0.15, -0.1) is 0 Å². The van der Waals surface area contributed by atoms with Gasteiger partial charge in [0.15, 0.2) is 5.49 Å². The zero-order valence-corrected chi connectivity index (χ0v) is 15.1. The van der Waals surface area contributed by atoms with E-state index in [1.54, 1.807) is 12.1 Å². The van der Waals surface area contributed by atoms with Crippen LogP contribution in [0.1, 0.15) is 22.6 Å². The monoisotopic (exact) mass is 385 g/mol. The number of ether oxygens (including phenoxy) is 1. The second-order valence-electron chi connectivity index (χ2n) is 6.81.